The monoisotopic (exact) mass is 598 g/mol. The summed E-state index contributed by atoms with van der Waals surface area (Å²) >= 11 is 0. The number of ether oxygens (including phenoxy) is 2. The zero-order chi connectivity index (χ0) is 32.4. The SMILES string of the molecule is CC(C)(C)c1ccc2c(c1)CN=C2NO.CC(C)(C)c1ccc2c(c1)OCO2.Cc1cc(=O)c2ccc(C(C)(C)C)cc2o1. The lowest BCUT2D eigenvalue weighted by atomic mass is 9.85. The molecule has 0 spiro atoms. The minimum Gasteiger partial charge on any atom is -0.461 e. The van der Waals surface area contributed by atoms with Crippen LogP contribution in [0.1, 0.15) is 95.9 Å². The maximum Gasteiger partial charge on any atom is 0.231 e. The predicted octanol–water partition coefficient (Wildman–Crippen LogP) is 8.33. The summed E-state index contributed by atoms with van der Waals surface area (Å²) in [7, 11) is 0. The second-order valence-electron chi connectivity index (χ2n) is 14.4. The van der Waals surface area contributed by atoms with E-state index in [2.05, 4.69) is 97.1 Å². The summed E-state index contributed by atoms with van der Waals surface area (Å²) in [6.07, 6.45) is 0. The summed E-state index contributed by atoms with van der Waals surface area (Å²) in [5.74, 6) is 2.95. The molecule has 0 radical (unpaired) electrons. The number of amidine groups is 1. The molecule has 2 N–H and O–H groups in total. The molecular formula is C37H46N2O5. The maximum absolute atomic E-state index is 11.7. The fourth-order valence-corrected chi connectivity index (χ4v) is 4.87. The van der Waals surface area contributed by atoms with Crippen LogP contribution in [0.15, 0.2) is 74.9 Å². The Morgan fingerprint density at radius 3 is 1.93 bits per heavy atom. The van der Waals surface area contributed by atoms with Crippen molar-refractivity contribution < 1.29 is 19.1 Å². The average Bonchev–Trinajstić information content (AvgIpc) is 3.58. The highest BCUT2D eigenvalue weighted by Crippen LogP contribution is 2.36. The van der Waals surface area contributed by atoms with E-state index in [1.54, 1.807) is 6.92 Å². The van der Waals surface area contributed by atoms with Crippen molar-refractivity contribution in [3.05, 3.63) is 104 Å². The van der Waals surface area contributed by atoms with Gasteiger partial charge in [-0.2, -0.15) is 0 Å². The molecule has 1 aromatic heterocycles. The van der Waals surface area contributed by atoms with Crippen molar-refractivity contribution in [2.24, 2.45) is 4.99 Å². The van der Waals surface area contributed by atoms with Gasteiger partial charge in [-0.25, -0.2) is 0 Å². The first-order valence-corrected chi connectivity index (χ1v) is 15.0. The summed E-state index contributed by atoms with van der Waals surface area (Å²) in [6.45, 7) is 22.3. The van der Waals surface area contributed by atoms with E-state index in [1.807, 2.05) is 30.3 Å². The number of fused-ring (bicyclic) bond motifs is 3. The zero-order valence-corrected chi connectivity index (χ0v) is 27.7. The van der Waals surface area contributed by atoms with Crippen molar-refractivity contribution in [2.75, 3.05) is 6.79 Å². The van der Waals surface area contributed by atoms with Crippen molar-refractivity contribution >= 4 is 16.8 Å². The Hall–Kier alpha value is -4.10. The second-order valence-corrected chi connectivity index (χ2v) is 14.4. The smallest absolute Gasteiger partial charge is 0.231 e. The van der Waals surface area contributed by atoms with Crippen LogP contribution in [0.5, 0.6) is 11.5 Å². The lowest BCUT2D eigenvalue weighted by Gasteiger charge is -2.19. The first kappa shape index (κ1) is 32.8. The number of nitrogens with one attached hydrogen (secondary N) is 1. The van der Waals surface area contributed by atoms with Gasteiger partial charge in [-0.3, -0.25) is 20.5 Å². The molecule has 0 amide bonds. The molecule has 2 aliphatic heterocycles. The maximum atomic E-state index is 11.7. The highest BCUT2D eigenvalue weighted by molar-refractivity contribution is 6.01. The number of hydroxylamine groups is 1. The first-order chi connectivity index (χ1) is 20.5. The molecule has 0 unspecified atom stereocenters. The van der Waals surface area contributed by atoms with Gasteiger partial charge < -0.3 is 13.9 Å². The Labute approximate surface area is 260 Å². The molecule has 44 heavy (non-hydrogen) atoms. The molecule has 0 atom stereocenters. The third kappa shape index (κ3) is 7.69. The fraction of sp³-hybridized carbons (Fsp3) is 0.405. The molecule has 0 saturated carbocycles. The van der Waals surface area contributed by atoms with Gasteiger partial charge in [0, 0.05) is 11.6 Å². The molecular weight excluding hydrogens is 552 g/mol. The van der Waals surface area contributed by atoms with Crippen LogP contribution in [-0.4, -0.2) is 17.8 Å². The highest BCUT2D eigenvalue weighted by Gasteiger charge is 2.21. The molecule has 3 heterocycles. The van der Waals surface area contributed by atoms with E-state index in [0.717, 1.165) is 17.1 Å². The molecule has 0 aliphatic carbocycles. The van der Waals surface area contributed by atoms with E-state index in [-0.39, 0.29) is 21.7 Å². The summed E-state index contributed by atoms with van der Waals surface area (Å²) in [6, 6.07) is 19.7. The lowest BCUT2D eigenvalue weighted by molar-refractivity contribution is 0.174. The third-order valence-corrected chi connectivity index (χ3v) is 7.70. The second kappa shape index (κ2) is 12.5. The van der Waals surface area contributed by atoms with Gasteiger partial charge in [0.15, 0.2) is 22.8 Å². The van der Waals surface area contributed by atoms with Crippen LogP contribution in [0, 0.1) is 6.92 Å². The number of nitrogens with zero attached hydrogens (tertiary/aromatic N) is 1. The standard InChI is InChI=1S/C14H16O2.C12H16N2O.C11H14O2/c1-9-7-12(15)11-6-5-10(14(2,3)4)8-13(11)16-9;1-12(2,3)9-4-5-10-8(6-9)7-13-11(10)14-15;1-11(2,3)8-4-5-9-10(6-8)13-7-12-9/h5-8H,1-4H3;4-6,15H,7H2,1-3H3,(H,13,14);4-6H,7H2,1-3H3. The van der Waals surface area contributed by atoms with Crippen molar-refractivity contribution in [1.29, 1.82) is 0 Å². The van der Waals surface area contributed by atoms with Crippen molar-refractivity contribution in [3.63, 3.8) is 0 Å². The van der Waals surface area contributed by atoms with Gasteiger partial charge in [0.1, 0.15) is 11.3 Å². The lowest BCUT2D eigenvalue weighted by Crippen LogP contribution is -2.19. The molecule has 2 aliphatic rings. The summed E-state index contributed by atoms with van der Waals surface area (Å²) in [4.78, 5) is 15.9. The van der Waals surface area contributed by atoms with Gasteiger partial charge in [-0.05, 0) is 69.7 Å². The van der Waals surface area contributed by atoms with Gasteiger partial charge in [-0.1, -0.05) is 92.6 Å². The molecule has 0 saturated heterocycles. The topological polar surface area (TPSA) is 93.3 Å². The van der Waals surface area contributed by atoms with Crippen LogP contribution in [0.2, 0.25) is 0 Å². The number of hydrogen-bond donors (Lipinski definition) is 2. The van der Waals surface area contributed by atoms with E-state index >= 15 is 0 Å². The van der Waals surface area contributed by atoms with Gasteiger partial charge in [0.25, 0.3) is 0 Å². The van der Waals surface area contributed by atoms with E-state index in [4.69, 9.17) is 19.1 Å². The Kier molecular flexibility index (Phi) is 9.31. The number of rotatable bonds is 0. The minimum absolute atomic E-state index is 0.0270. The van der Waals surface area contributed by atoms with Crippen LogP contribution in [0.25, 0.3) is 11.0 Å². The third-order valence-electron chi connectivity index (χ3n) is 7.70. The molecule has 3 aromatic carbocycles. The highest BCUT2D eigenvalue weighted by atomic mass is 16.7. The first-order valence-electron chi connectivity index (χ1n) is 15.0. The van der Waals surface area contributed by atoms with Crippen molar-refractivity contribution in [2.45, 2.75) is 92.0 Å². The average molecular weight is 599 g/mol. The Morgan fingerprint density at radius 2 is 1.30 bits per heavy atom. The summed E-state index contributed by atoms with van der Waals surface area (Å²) < 4.78 is 16.1. The fourth-order valence-electron chi connectivity index (χ4n) is 4.87. The van der Waals surface area contributed by atoms with Crippen LogP contribution in [-0.2, 0) is 22.8 Å². The molecule has 234 valence electrons. The van der Waals surface area contributed by atoms with Crippen LogP contribution >= 0.6 is 0 Å². The largest absolute Gasteiger partial charge is 0.461 e. The summed E-state index contributed by atoms with van der Waals surface area (Å²) in [5, 5.41) is 9.51. The van der Waals surface area contributed by atoms with E-state index < -0.39 is 0 Å². The molecule has 0 bridgehead atoms. The van der Waals surface area contributed by atoms with Crippen LogP contribution < -0.4 is 20.4 Å². The molecule has 0 fully saturated rings. The van der Waals surface area contributed by atoms with Crippen LogP contribution in [0.3, 0.4) is 0 Å². The predicted molar refractivity (Wildman–Crippen MR) is 177 cm³/mol. The van der Waals surface area contributed by atoms with E-state index in [0.29, 0.717) is 35.9 Å². The number of benzene rings is 3. The number of aliphatic imine (C=N–C) groups is 1. The normalized spacial score (nSPS) is 13.8. The van der Waals surface area contributed by atoms with Gasteiger partial charge >= 0.3 is 0 Å². The van der Waals surface area contributed by atoms with Crippen LogP contribution in [0.4, 0.5) is 0 Å². The van der Waals surface area contributed by atoms with Crippen molar-refractivity contribution in [1.82, 2.24) is 5.48 Å². The molecule has 7 heteroatoms. The van der Waals surface area contributed by atoms with Gasteiger partial charge in [-0.15, -0.1) is 0 Å². The Bertz CT molecular complexity index is 1730. The molecule has 7 nitrogen and oxygen atoms in total. The minimum atomic E-state index is 0.0270. The summed E-state index contributed by atoms with van der Waals surface area (Å²) in [5.41, 5.74) is 9.16. The van der Waals surface area contributed by atoms with Gasteiger partial charge in [0.2, 0.25) is 6.79 Å². The number of aryl methyl sites for hydroxylation is 1. The van der Waals surface area contributed by atoms with E-state index in [1.165, 1.54) is 28.3 Å². The Balaban J connectivity index is 0.000000151. The number of hydrogen-bond acceptors (Lipinski definition) is 7. The quantitative estimate of drug-likeness (QED) is 0.198. The zero-order valence-electron chi connectivity index (χ0n) is 27.7. The Morgan fingerprint density at radius 1 is 0.727 bits per heavy atom. The van der Waals surface area contributed by atoms with Gasteiger partial charge in [0.05, 0.1) is 11.9 Å². The molecule has 4 aromatic rings. The van der Waals surface area contributed by atoms with E-state index in [9.17, 15) is 4.79 Å². The van der Waals surface area contributed by atoms with Crippen molar-refractivity contribution in [3.8, 4) is 11.5 Å². The molecule has 6 rings (SSSR count).